The van der Waals surface area contributed by atoms with Crippen LogP contribution >= 0.6 is 0 Å². The van der Waals surface area contributed by atoms with E-state index in [4.69, 9.17) is 19.4 Å². The molecule has 0 aliphatic heterocycles. The van der Waals surface area contributed by atoms with Crippen molar-refractivity contribution in [2.75, 3.05) is 13.2 Å². The second kappa shape index (κ2) is 9.57. The van der Waals surface area contributed by atoms with Gasteiger partial charge < -0.3 is 9.47 Å². The second-order valence-corrected chi connectivity index (χ2v) is 13.3. The van der Waals surface area contributed by atoms with E-state index >= 15 is 0 Å². The maximum absolute atomic E-state index is 14.0. The fourth-order valence-electron chi connectivity index (χ4n) is 7.31. The van der Waals surface area contributed by atoms with Crippen molar-refractivity contribution in [2.45, 2.75) is 27.7 Å². The van der Waals surface area contributed by atoms with Crippen LogP contribution in [0.2, 0.25) is 0 Å². The number of hydrogen-bond acceptors (Lipinski definition) is 6. The van der Waals surface area contributed by atoms with Crippen molar-refractivity contribution in [2.24, 2.45) is 11.8 Å². The molecule has 224 valence electrons. The Balaban J connectivity index is 1.53. The molecule has 46 heavy (non-hydrogen) atoms. The fourth-order valence-corrected chi connectivity index (χ4v) is 7.31. The quantitative estimate of drug-likeness (QED) is 0.140. The number of carbonyl (C=O) groups excluding carboxylic acids is 2. The molecule has 2 aromatic heterocycles. The van der Waals surface area contributed by atoms with Gasteiger partial charge in [0.25, 0.3) is 0 Å². The molecular formula is C40H30N2O4. The van der Waals surface area contributed by atoms with Crippen molar-refractivity contribution in [1.29, 1.82) is 0 Å². The summed E-state index contributed by atoms with van der Waals surface area (Å²) in [4.78, 5) is 38.3. The zero-order valence-electron chi connectivity index (χ0n) is 26.0. The van der Waals surface area contributed by atoms with Crippen molar-refractivity contribution in [3.63, 3.8) is 0 Å². The van der Waals surface area contributed by atoms with Gasteiger partial charge in [0.05, 0.1) is 35.4 Å². The van der Waals surface area contributed by atoms with Crippen molar-refractivity contribution >= 4 is 54.7 Å². The summed E-state index contributed by atoms with van der Waals surface area (Å²) in [5.41, 5.74) is 5.57. The Bertz CT molecular complexity index is 2300. The molecule has 0 radical (unpaired) electrons. The Labute approximate surface area is 265 Å². The number of nitrogens with zero attached hydrogens (tertiary/aromatic N) is 2. The van der Waals surface area contributed by atoms with Crippen LogP contribution in [0.15, 0.2) is 72.8 Å². The molecule has 0 saturated carbocycles. The molecule has 0 amide bonds. The number of ether oxygens (including phenoxy) is 2. The average Bonchev–Trinajstić information content (AvgIpc) is 3.07. The number of ketones is 2. The minimum Gasteiger partial charge on any atom is -0.477 e. The first kappa shape index (κ1) is 27.0. The summed E-state index contributed by atoms with van der Waals surface area (Å²) in [6.45, 7) is 9.41. The number of rotatable bonds is 6. The Morgan fingerprint density at radius 3 is 1.26 bits per heavy atom. The van der Waals surface area contributed by atoms with Crippen LogP contribution in [-0.2, 0) is 0 Å². The van der Waals surface area contributed by atoms with E-state index < -0.39 is 0 Å². The van der Waals surface area contributed by atoms with Gasteiger partial charge in [0, 0.05) is 54.9 Å². The Hall–Kier alpha value is -5.36. The average molecular weight is 603 g/mol. The van der Waals surface area contributed by atoms with Crippen molar-refractivity contribution in [3.05, 3.63) is 95.1 Å². The van der Waals surface area contributed by atoms with Gasteiger partial charge in [-0.05, 0) is 34.7 Å². The van der Waals surface area contributed by atoms with Crippen molar-refractivity contribution in [1.82, 2.24) is 9.97 Å². The van der Waals surface area contributed by atoms with E-state index in [1.807, 2.05) is 72.8 Å². The van der Waals surface area contributed by atoms with Crippen LogP contribution in [0.25, 0.3) is 65.6 Å². The van der Waals surface area contributed by atoms with Gasteiger partial charge in [-0.3, -0.25) is 9.59 Å². The van der Waals surface area contributed by atoms with E-state index in [0.29, 0.717) is 47.2 Å². The molecule has 0 atom stereocenters. The Kier molecular flexibility index (Phi) is 5.62. The summed E-state index contributed by atoms with van der Waals surface area (Å²) >= 11 is 0. The summed E-state index contributed by atoms with van der Waals surface area (Å²) in [6.07, 6.45) is 0. The number of pyridine rings is 2. The molecule has 9 rings (SSSR count). The molecule has 0 bridgehead atoms. The number of carbonyl (C=O) groups is 2. The van der Waals surface area contributed by atoms with Crippen molar-refractivity contribution in [3.8, 4) is 34.3 Å². The molecular weight excluding hydrogens is 572 g/mol. The number of fused-ring (bicyclic) bond motifs is 6. The van der Waals surface area contributed by atoms with Crippen LogP contribution in [0.3, 0.4) is 0 Å². The van der Waals surface area contributed by atoms with Crippen LogP contribution < -0.4 is 9.47 Å². The number of hydrogen-bond donors (Lipinski definition) is 0. The van der Waals surface area contributed by atoms with Gasteiger partial charge in [-0.25, -0.2) is 9.97 Å². The summed E-state index contributed by atoms with van der Waals surface area (Å²) in [6, 6.07) is 23.2. The van der Waals surface area contributed by atoms with Crippen LogP contribution in [0.1, 0.15) is 59.5 Å². The number of aromatic nitrogens is 2. The van der Waals surface area contributed by atoms with Crippen LogP contribution in [0.5, 0.6) is 11.8 Å². The van der Waals surface area contributed by atoms with Crippen LogP contribution in [-0.4, -0.2) is 34.7 Å². The standard InChI is InChI=1S/C40H30N2O4/c1-19(2)17-45-39-33-25-13-15-28-32-30(25)34(40(46-18-20(3)4)42-36(32)22-10-6-8-12-24(22)38(28)44)26-14-16-27-31(29(26)33)35(41-39)21-9-5-7-11-23(21)37(27)43/h5-16,19-20H,17-18H2,1-4H3. The van der Waals surface area contributed by atoms with E-state index in [2.05, 4.69) is 27.7 Å². The summed E-state index contributed by atoms with van der Waals surface area (Å²) in [5, 5.41) is 6.88. The molecule has 0 fully saturated rings. The van der Waals surface area contributed by atoms with Crippen LogP contribution in [0.4, 0.5) is 0 Å². The van der Waals surface area contributed by atoms with Gasteiger partial charge in [0.1, 0.15) is 0 Å². The van der Waals surface area contributed by atoms with Gasteiger partial charge in [-0.1, -0.05) is 88.4 Å². The first-order valence-electron chi connectivity index (χ1n) is 15.9. The highest BCUT2D eigenvalue weighted by atomic mass is 16.5. The molecule has 5 aromatic carbocycles. The van der Waals surface area contributed by atoms with E-state index in [1.54, 1.807) is 0 Å². The summed E-state index contributed by atoms with van der Waals surface area (Å²) in [7, 11) is 0. The molecule has 6 nitrogen and oxygen atoms in total. The highest BCUT2D eigenvalue weighted by Gasteiger charge is 2.34. The first-order chi connectivity index (χ1) is 22.3. The highest BCUT2D eigenvalue weighted by molar-refractivity contribution is 6.42. The summed E-state index contributed by atoms with van der Waals surface area (Å²) in [5.74, 6) is 1.53. The highest BCUT2D eigenvalue weighted by Crippen LogP contribution is 2.53. The first-order valence-corrected chi connectivity index (χ1v) is 15.9. The predicted octanol–water partition coefficient (Wildman–Crippen LogP) is 9.02. The molecule has 0 saturated heterocycles. The largest absolute Gasteiger partial charge is 0.477 e. The van der Waals surface area contributed by atoms with Gasteiger partial charge in [0.2, 0.25) is 11.8 Å². The molecule has 2 heterocycles. The zero-order chi connectivity index (χ0) is 31.4. The lowest BCUT2D eigenvalue weighted by Crippen LogP contribution is -2.15. The third-order valence-electron chi connectivity index (χ3n) is 9.23. The van der Waals surface area contributed by atoms with Gasteiger partial charge in [0.15, 0.2) is 11.6 Å². The SMILES string of the molecule is CC(C)COc1nc2c3c(ccc4c5c(OCC(C)C)nc6c7c(ccc(c1c34)c75)C(=O)c1ccccc1-6)C(=O)c1ccccc1-2. The fraction of sp³-hybridized carbons (Fsp3) is 0.200. The molecule has 2 aliphatic carbocycles. The second-order valence-electron chi connectivity index (χ2n) is 13.3. The predicted molar refractivity (Wildman–Crippen MR) is 182 cm³/mol. The van der Waals surface area contributed by atoms with Gasteiger partial charge in [-0.15, -0.1) is 0 Å². The summed E-state index contributed by atoms with van der Waals surface area (Å²) < 4.78 is 13.1. The maximum Gasteiger partial charge on any atom is 0.222 e. The maximum atomic E-state index is 14.0. The monoisotopic (exact) mass is 602 g/mol. The van der Waals surface area contributed by atoms with E-state index in [9.17, 15) is 9.59 Å². The van der Waals surface area contributed by atoms with E-state index in [-0.39, 0.29) is 23.4 Å². The molecule has 2 aliphatic rings. The Morgan fingerprint density at radius 2 is 0.870 bits per heavy atom. The normalized spacial score (nSPS) is 13.4. The minimum atomic E-state index is -0.0223. The van der Waals surface area contributed by atoms with Crippen molar-refractivity contribution < 1.29 is 19.1 Å². The van der Waals surface area contributed by atoms with E-state index in [1.165, 1.54) is 0 Å². The molecule has 0 spiro atoms. The molecule has 6 heteroatoms. The third kappa shape index (κ3) is 3.52. The molecule has 0 N–H and O–H groups in total. The van der Waals surface area contributed by atoms with Gasteiger partial charge >= 0.3 is 0 Å². The topological polar surface area (TPSA) is 78.4 Å². The lowest BCUT2D eigenvalue weighted by molar-refractivity contribution is 0.103. The lowest BCUT2D eigenvalue weighted by atomic mass is 9.79. The third-order valence-corrected chi connectivity index (χ3v) is 9.23. The minimum absolute atomic E-state index is 0.0223. The lowest BCUT2D eigenvalue weighted by Gasteiger charge is -2.27. The van der Waals surface area contributed by atoms with E-state index in [0.717, 1.165) is 65.6 Å². The molecule has 7 aromatic rings. The van der Waals surface area contributed by atoms with Gasteiger partial charge in [-0.2, -0.15) is 0 Å². The zero-order valence-corrected chi connectivity index (χ0v) is 26.0. The molecule has 0 unspecified atom stereocenters. The Morgan fingerprint density at radius 1 is 0.478 bits per heavy atom. The number of benzene rings is 5. The smallest absolute Gasteiger partial charge is 0.222 e. The van der Waals surface area contributed by atoms with Crippen LogP contribution in [0, 0.1) is 11.8 Å².